The lowest BCUT2D eigenvalue weighted by Gasteiger charge is -2.11. The van der Waals surface area contributed by atoms with Crippen molar-refractivity contribution >= 4 is 10.9 Å². The number of hydrogen-bond acceptors (Lipinski definition) is 3. The Balaban J connectivity index is 2.04. The van der Waals surface area contributed by atoms with Crippen LogP contribution in [-0.4, -0.2) is 15.0 Å². The molecule has 0 saturated carbocycles. The van der Waals surface area contributed by atoms with Crippen molar-refractivity contribution in [3.8, 4) is 22.8 Å². The van der Waals surface area contributed by atoms with Gasteiger partial charge in [-0.05, 0) is 43.7 Å². The van der Waals surface area contributed by atoms with Gasteiger partial charge in [0.05, 0.1) is 11.2 Å². The Kier molecular flexibility index (Phi) is 3.73. The molecule has 0 fully saturated rings. The highest BCUT2D eigenvalue weighted by Crippen LogP contribution is 2.31. The van der Waals surface area contributed by atoms with Crippen LogP contribution in [0.2, 0.25) is 0 Å². The average molecular weight is 329 g/mol. The molecule has 122 valence electrons. The topological polar surface area (TPSA) is 38.7 Å². The normalized spacial score (nSPS) is 11.0. The minimum absolute atomic E-state index is 0.240. The molecule has 0 aliphatic heterocycles. The van der Waals surface area contributed by atoms with Crippen molar-refractivity contribution in [1.82, 2.24) is 15.0 Å². The number of halogens is 1. The Morgan fingerprint density at radius 3 is 2.40 bits per heavy atom. The molecule has 0 bridgehead atoms. The van der Waals surface area contributed by atoms with Gasteiger partial charge in [-0.3, -0.25) is 0 Å². The Labute approximate surface area is 145 Å². The molecule has 0 atom stereocenters. The van der Waals surface area contributed by atoms with Crippen LogP contribution in [0.4, 0.5) is 4.39 Å². The molecule has 0 aliphatic carbocycles. The summed E-state index contributed by atoms with van der Waals surface area (Å²) in [5.41, 5.74) is 4.50. The van der Waals surface area contributed by atoms with E-state index in [9.17, 15) is 4.39 Å². The van der Waals surface area contributed by atoms with E-state index < -0.39 is 0 Å². The molecule has 2 aromatic carbocycles. The molecule has 4 aromatic rings. The van der Waals surface area contributed by atoms with Gasteiger partial charge in [0.2, 0.25) is 0 Å². The van der Waals surface area contributed by atoms with Crippen LogP contribution >= 0.6 is 0 Å². The molecule has 0 unspecified atom stereocenters. The van der Waals surface area contributed by atoms with Crippen LogP contribution in [0, 0.1) is 19.7 Å². The molecule has 3 nitrogen and oxygen atoms in total. The van der Waals surface area contributed by atoms with E-state index in [1.807, 2.05) is 55.5 Å². The van der Waals surface area contributed by atoms with Gasteiger partial charge >= 0.3 is 0 Å². The van der Waals surface area contributed by atoms with Gasteiger partial charge in [0, 0.05) is 16.6 Å². The first-order valence-electron chi connectivity index (χ1n) is 8.10. The zero-order valence-electron chi connectivity index (χ0n) is 14.0. The summed E-state index contributed by atoms with van der Waals surface area (Å²) in [6.07, 6.45) is 0. The lowest BCUT2D eigenvalue weighted by molar-refractivity contribution is 0.619. The molecule has 2 heterocycles. The van der Waals surface area contributed by atoms with Crippen molar-refractivity contribution in [1.29, 1.82) is 0 Å². The zero-order valence-corrected chi connectivity index (χ0v) is 14.0. The molecule has 4 heteroatoms. The summed E-state index contributed by atoms with van der Waals surface area (Å²) in [7, 11) is 0. The van der Waals surface area contributed by atoms with Gasteiger partial charge in [-0.2, -0.15) is 0 Å². The van der Waals surface area contributed by atoms with Crippen molar-refractivity contribution < 1.29 is 4.39 Å². The highest BCUT2D eigenvalue weighted by molar-refractivity contribution is 5.94. The lowest BCUT2D eigenvalue weighted by Crippen LogP contribution is -1.99. The van der Waals surface area contributed by atoms with Gasteiger partial charge in [0.1, 0.15) is 11.5 Å². The van der Waals surface area contributed by atoms with E-state index in [0.29, 0.717) is 17.1 Å². The number of para-hydroxylation sites is 1. The van der Waals surface area contributed by atoms with Crippen LogP contribution < -0.4 is 0 Å². The maximum Gasteiger partial charge on any atom is 0.179 e. The third-order valence-electron chi connectivity index (χ3n) is 4.24. The van der Waals surface area contributed by atoms with E-state index in [1.54, 1.807) is 13.0 Å². The maximum absolute atomic E-state index is 14.1. The SMILES string of the molecule is Cc1cccc(-c2nc(-c3cccc(F)c3C)c3ccccc3n2)n1. The second kappa shape index (κ2) is 6.06. The number of pyridine rings is 1. The highest BCUT2D eigenvalue weighted by Gasteiger charge is 2.14. The standard InChI is InChI=1S/C21H16FN3/c1-13-7-5-12-19(23-13)21-24-18-11-4-3-8-16(18)20(25-21)15-9-6-10-17(22)14(15)2/h3-12H,1-2H3. The minimum atomic E-state index is -0.240. The Morgan fingerprint density at radius 2 is 1.56 bits per heavy atom. The van der Waals surface area contributed by atoms with Crippen LogP contribution in [0.1, 0.15) is 11.3 Å². The smallest absolute Gasteiger partial charge is 0.179 e. The van der Waals surface area contributed by atoms with Crippen molar-refractivity contribution in [3.05, 3.63) is 77.7 Å². The second-order valence-electron chi connectivity index (χ2n) is 5.99. The van der Waals surface area contributed by atoms with Crippen LogP contribution in [0.3, 0.4) is 0 Å². The third kappa shape index (κ3) is 2.76. The monoisotopic (exact) mass is 329 g/mol. The fraction of sp³-hybridized carbons (Fsp3) is 0.0952. The highest BCUT2D eigenvalue weighted by atomic mass is 19.1. The van der Waals surface area contributed by atoms with Crippen molar-refractivity contribution in [3.63, 3.8) is 0 Å². The van der Waals surface area contributed by atoms with Crippen molar-refractivity contribution in [2.45, 2.75) is 13.8 Å². The molecule has 0 saturated heterocycles. The summed E-state index contributed by atoms with van der Waals surface area (Å²) in [6.45, 7) is 3.70. The Morgan fingerprint density at radius 1 is 0.760 bits per heavy atom. The predicted molar refractivity (Wildman–Crippen MR) is 97.6 cm³/mol. The van der Waals surface area contributed by atoms with Crippen LogP contribution in [-0.2, 0) is 0 Å². The van der Waals surface area contributed by atoms with Gasteiger partial charge in [-0.25, -0.2) is 19.3 Å². The van der Waals surface area contributed by atoms with E-state index in [1.165, 1.54) is 6.07 Å². The molecule has 2 aromatic heterocycles. The predicted octanol–water partition coefficient (Wildman–Crippen LogP) is 5.11. The van der Waals surface area contributed by atoms with Gasteiger partial charge in [-0.15, -0.1) is 0 Å². The summed E-state index contributed by atoms with van der Waals surface area (Å²) in [6, 6.07) is 18.6. The number of aromatic nitrogens is 3. The van der Waals surface area contributed by atoms with E-state index in [-0.39, 0.29) is 5.82 Å². The summed E-state index contributed by atoms with van der Waals surface area (Å²) in [5.74, 6) is 0.302. The first kappa shape index (κ1) is 15.4. The lowest BCUT2D eigenvalue weighted by atomic mass is 10.0. The van der Waals surface area contributed by atoms with Gasteiger partial charge < -0.3 is 0 Å². The Bertz CT molecular complexity index is 1090. The molecule has 25 heavy (non-hydrogen) atoms. The van der Waals surface area contributed by atoms with E-state index in [0.717, 1.165) is 27.9 Å². The second-order valence-corrected chi connectivity index (χ2v) is 5.99. The molecule has 0 aliphatic rings. The first-order chi connectivity index (χ1) is 12.1. The van der Waals surface area contributed by atoms with Crippen LogP contribution in [0.15, 0.2) is 60.7 Å². The molecule has 0 N–H and O–H groups in total. The molecule has 4 rings (SSSR count). The molecular formula is C21H16FN3. The summed E-state index contributed by atoms with van der Waals surface area (Å²) in [4.78, 5) is 13.9. The van der Waals surface area contributed by atoms with Gasteiger partial charge in [-0.1, -0.05) is 36.4 Å². The van der Waals surface area contributed by atoms with Gasteiger partial charge in [0.15, 0.2) is 5.82 Å². The average Bonchev–Trinajstić information content (AvgIpc) is 2.63. The van der Waals surface area contributed by atoms with E-state index in [4.69, 9.17) is 4.98 Å². The summed E-state index contributed by atoms with van der Waals surface area (Å²) < 4.78 is 14.1. The van der Waals surface area contributed by atoms with Crippen LogP contribution in [0.25, 0.3) is 33.7 Å². The molecule has 0 spiro atoms. The number of hydrogen-bond donors (Lipinski definition) is 0. The third-order valence-corrected chi connectivity index (χ3v) is 4.24. The maximum atomic E-state index is 14.1. The number of fused-ring (bicyclic) bond motifs is 1. The fourth-order valence-corrected chi connectivity index (χ4v) is 2.93. The molecular weight excluding hydrogens is 313 g/mol. The van der Waals surface area contributed by atoms with Crippen molar-refractivity contribution in [2.75, 3.05) is 0 Å². The number of nitrogens with zero attached hydrogens (tertiary/aromatic N) is 3. The Hall–Kier alpha value is -3.14. The largest absolute Gasteiger partial charge is 0.250 e. The summed E-state index contributed by atoms with van der Waals surface area (Å²) >= 11 is 0. The number of benzene rings is 2. The van der Waals surface area contributed by atoms with E-state index >= 15 is 0 Å². The first-order valence-corrected chi connectivity index (χ1v) is 8.10. The zero-order chi connectivity index (χ0) is 17.4. The van der Waals surface area contributed by atoms with Gasteiger partial charge in [0.25, 0.3) is 0 Å². The molecule has 0 amide bonds. The van der Waals surface area contributed by atoms with Crippen molar-refractivity contribution in [2.24, 2.45) is 0 Å². The quantitative estimate of drug-likeness (QED) is 0.512. The van der Waals surface area contributed by atoms with Crippen LogP contribution in [0.5, 0.6) is 0 Å². The number of rotatable bonds is 2. The fourth-order valence-electron chi connectivity index (χ4n) is 2.93. The van der Waals surface area contributed by atoms with E-state index in [2.05, 4.69) is 9.97 Å². The molecule has 0 radical (unpaired) electrons. The minimum Gasteiger partial charge on any atom is -0.250 e. The summed E-state index contributed by atoms with van der Waals surface area (Å²) in [5, 5.41) is 0.896. The number of aryl methyl sites for hydroxylation is 1.